The minimum atomic E-state index is -0.185. The molecule has 0 aliphatic carbocycles. The number of likely N-dealkylation sites (tertiary alicyclic amines) is 1. The van der Waals surface area contributed by atoms with Crippen LogP contribution < -0.4 is 10.1 Å². The number of ether oxygens (including phenoxy) is 1. The molecule has 0 radical (unpaired) electrons. The summed E-state index contributed by atoms with van der Waals surface area (Å²) in [5.74, 6) is 0.255. The molecular formula is C19H26N2O4. The van der Waals surface area contributed by atoms with Crippen molar-refractivity contribution in [3.05, 3.63) is 29.8 Å². The highest BCUT2D eigenvalue weighted by molar-refractivity contribution is 6.02. The Balaban J connectivity index is 1.94. The average molecular weight is 346 g/mol. The molecule has 0 spiro atoms. The minimum Gasteiger partial charge on any atom is -0.497 e. The van der Waals surface area contributed by atoms with Gasteiger partial charge in [-0.2, -0.15) is 0 Å². The predicted molar refractivity (Wildman–Crippen MR) is 94.0 cm³/mol. The number of methoxy groups -OCH3 is 1. The van der Waals surface area contributed by atoms with Crippen LogP contribution in [0.4, 0.5) is 0 Å². The first-order valence-electron chi connectivity index (χ1n) is 8.81. The van der Waals surface area contributed by atoms with E-state index in [1.54, 1.807) is 7.11 Å². The maximum atomic E-state index is 12.3. The molecule has 1 heterocycles. The predicted octanol–water partition coefficient (Wildman–Crippen LogP) is 2.58. The molecular weight excluding hydrogens is 320 g/mol. The van der Waals surface area contributed by atoms with E-state index in [0.29, 0.717) is 0 Å². The second kappa shape index (κ2) is 9.20. The van der Waals surface area contributed by atoms with E-state index in [4.69, 9.17) is 4.74 Å². The normalized spacial score (nSPS) is 15.4. The van der Waals surface area contributed by atoms with Crippen molar-refractivity contribution in [3.63, 3.8) is 0 Å². The summed E-state index contributed by atoms with van der Waals surface area (Å²) in [6.45, 7) is 2.27. The number of carbonyl (C=O) groups is 3. The van der Waals surface area contributed by atoms with Gasteiger partial charge >= 0.3 is 0 Å². The zero-order valence-electron chi connectivity index (χ0n) is 14.9. The average Bonchev–Trinajstić information content (AvgIpc) is 2.95. The monoisotopic (exact) mass is 346 g/mol. The van der Waals surface area contributed by atoms with Crippen LogP contribution >= 0.6 is 0 Å². The lowest BCUT2D eigenvalue weighted by atomic mass is 10.0. The molecule has 1 aliphatic rings. The van der Waals surface area contributed by atoms with Gasteiger partial charge in [-0.15, -0.1) is 0 Å². The minimum absolute atomic E-state index is 0.0802. The summed E-state index contributed by atoms with van der Waals surface area (Å²) in [7, 11) is 1.62. The van der Waals surface area contributed by atoms with Gasteiger partial charge in [0.1, 0.15) is 5.75 Å². The van der Waals surface area contributed by atoms with Crippen molar-refractivity contribution in [1.82, 2.24) is 10.2 Å². The van der Waals surface area contributed by atoms with Crippen LogP contribution in [-0.2, 0) is 14.4 Å². The highest BCUT2D eigenvalue weighted by Gasteiger charge is 2.29. The van der Waals surface area contributed by atoms with E-state index in [-0.39, 0.29) is 49.6 Å². The number of hydrogen-bond donors (Lipinski definition) is 1. The fourth-order valence-electron chi connectivity index (χ4n) is 2.92. The summed E-state index contributed by atoms with van der Waals surface area (Å²) in [6, 6.07) is 7.58. The second-order valence-corrected chi connectivity index (χ2v) is 6.22. The molecule has 1 N–H and O–H groups in total. The third-order valence-electron chi connectivity index (χ3n) is 4.42. The molecule has 1 aromatic carbocycles. The standard InChI is InChI=1S/C19H26N2O4/c1-3-4-5-16(14-6-8-15(25-2)9-7-14)20-17(22)12-13-21-18(23)10-11-19(21)24/h6-9,16H,3-5,10-13H2,1-2H3,(H,20,22). The summed E-state index contributed by atoms with van der Waals surface area (Å²) in [4.78, 5) is 36.7. The zero-order valence-corrected chi connectivity index (χ0v) is 14.9. The summed E-state index contributed by atoms with van der Waals surface area (Å²) in [6.07, 6.45) is 3.53. The number of unbranched alkanes of at least 4 members (excludes halogenated alkanes) is 1. The molecule has 1 fully saturated rings. The summed E-state index contributed by atoms with van der Waals surface area (Å²) in [5, 5.41) is 3.03. The number of rotatable bonds is 9. The van der Waals surface area contributed by atoms with Gasteiger partial charge in [0.15, 0.2) is 0 Å². The topological polar surface area (TPSA) is 75.7 Å². The number of amides is 3. The third kappa shape index (κ3) is 5.31. The van der Waals surface area contributed by atoms with E-state index in [2.05, 4.69) is 12.2 Å². The van der Waals surface area contributed by atoms with E-state index in [1.807, 2.05) is 24.3 Å². The van der Waals surface area contributed by atoms with Gasteiger partial charge < -0.3 is 10.1 Å². The molecule has 6 heteroatoms. The molecule has 0 bridgehead atoms. The number of benzene rings is 1. The van der Waals surface area contributed by atoms with E-state index in [0.717, 1.165) is 30.6 Å². The molecule has 0 aromatic heterocycles. The van der Waals surface area contributed by atoms with Gasteiger partial charge in [-0.1, -0.05) is 31.9 Å². The molecule has 1 atom stereocenters. The van der Waals surface area contributed by atoms with E-state index >= 15 is 0 Å². The number of nitrogens with one attached hydrogen (secondary N) is 1. The Morgan fingerprint density at radius 2 is 1.84 bits per heavy atom. The van der Waals surface area contributed by atoms with E-state index in [1.165, 1.54) is 4.90 Å². The maximum absolute atomic E-state index is 12.3. The van der Waals surface area contributed by atoms with E-state index in [9.17, 15) is 14.4 Å². The first kappa shape index (κ1) is 19.0. The maximum Gasteiger partial charge on any atom is 0.229 e. The Morgan fingerprint density at radius 1 is 1.20 bits per heavy atom. The van der Waals surface area contributed by atoms with Crippen LogP contribution in [0.1, 0.15) is 57.1 Å². The molecule has 0 saturated carbocycles. The summed E-state index contributed by atoms with van der Waals surface area (Å²) in [5.41, 5.74) is 1.02. The molecule has 1 unspecified atom stereocenters. The van der Waals surface area contributed by atoms with Gasteiger partial charge in [-0.25, -0.2) is 0 Å². The first-order chi connectivity index (χ1) is 12.0. The SMILES string of the molecule is CCCCC(NC(=O)CCN1C(=O)CCC1=O)c1ccc(OC)cc1. The van der Waals surface area contributed by atoms with Crippen LogP contribution in [0.15, 0.2) is 24.3 Å². The molecule has 2 rings (SSSR count). The Morgan fingerprint density at radius 3 is 2.40 bits per heavy atom. The fraction of sp³-hybridized carbons (Fsp3) is 0.526. The van der Waals surface area contributed by atoms with Crippen molar-refractivity contribution >= 4 is 17.7 Å². The van der Waals surface area contributed by atoms with Crippen molar-refractivity contribution < 1.29 is 19.1 Å². The lowest BCUT2D eigenvalue weighted by Gasteiger charge is -2.20. The number of imide groups is 1. The molecule has 3 amide bonds. The van der Waals surface area contributed by atoms with Gasteiger partial charge in [0.2, 0.25) is 17.7 Å². The molecule has 25 heavy (non-hydrogen) atoms. The Labute approximate surface area is 148 Å². The van der Waals surface area contributed by atoms with Gasteiger partial charge in [0.05, 0.1) is 13.2 Å². The molecule has 1 aliphatic heterocycles. The Bertz CT molecular complexity index is 596. The lowest BCUT2D eigenvalue weighted by Crippen LogP contribution is -2.35. The van der Waals surface area contributed by atoms with Crippen molar-refractivity contribution in [3.8, 4) is 5.75 Å². The van der Waals surface area contributed by atoms with Crippen molar-refractivity contribution in [2.45, 2.75) is 51.5 Å². The van der Waals surface area contributed by atoms with Crippen LogP contribution in [0.3, 0.4) is 0 Å². The molecule has 136 valence electrons. The second-order valence-electron chi connectivity index (χ2n) is 6.22. The largest absolute Gasteiger partial charge is 0.497 e. The van der Waals surface area contributed by atoms with Gasteiger partial charge in [-0.3, -0.25) is 19.3 Å². The summed E-state index contributed by atoms with van der Waals surface area (Å²) < 4.78 is 5.17. The van der Waals surface area contributed by atoms with Crippen molar-refractivity contribution in [2.75, 3.05) is 13.7 Å². The van der Waals surface area contributed by atoms with E-state index < -0.39 is 0 Å². The van der Waals surface area contributed by atoms with Crippen LogP contribution in [0.25, 0.3) is 0 Å². The lowest BCUT2D eigenvalue weighted by molar-refractivity contribution is -0.138. The van der Waals surface area contributed by atoms with Gasteiger partial charge in [-0.05, 0) is 24.1 Å². The van der Waals surface area contributed by atoms with Crippen molar-refractivity contribution in [2.24, 2.45) is 0 Å². The Hall–Kier alpha value is -2.37. The zero-order chi connectivity index (χ0) is 18.2. The smallest absolute Gasteiger partial charge is 0.229 e. The highest BCUT2D eigenvalue weighted by Crippen LogP contribution is 2.22. The van der Waals surface area contributed by atoms with Gasteiger partial charge in [0, 0.05) is 25.8 Å². The van der Waals surface area contributed by atoms with Crippen LogP contribution in [0, 0.1) is 0 Å². The van der Waals surface area contributed by atoms with Crippen molar-refractivity contribution in [1.29, 1.82) is 0 Å². The Kier molecular flexibility index (Phi) is 6.98. The highest BCUT2D eigenvalue weighted by atomic mass is 16.5. The van der Waals surface area contributed by atoms with Crippen LogP contribution in [-0.4, -0.2) is 36.3 Å². The number of hydrogen-bond acceptors (Lipinski definition) is 4. The molecule has 1 aromatic rings. The number of carbonyl (C=O) groups excluding carboxylic acids is 3. The molecule has 1 saturated heterocycles. The van der Waals surface area contributed by atoms with Gasteiger partial charge in [0.25, 0.3) is 0 Å². The first-order valence-corrected chi connectivity index (χ1v) is 8.81. The third-order valence-corrected chi connectivity index (χ3v) is 4.42. The fourth-order valence-corrected chi connectivity index (χ4v) is 2.92. The molecule has 6 nitrogen and oxygen atoms in total. The van der Waals surface area contributed by atoms with Crippen LogP contribution in [0.5, 0.6) is 5.75 Å². The summed E-state index contributed by atoms with van der Waals surface area (Å²) >= 11 is 0. The quantitative estimate of drug-likeness (QED) is 0.697. The van der Waals surface area contributed by atoms with Crippen LogP contribution in [0.2, 0.25) is 0 Å². The number of nitrogens with zero attached hydrogens (tertiary/aromatic N) is 1.